The molecule has 0 spiro atoms. The second kappa shape index (κ2) is 12.1. The van der Waals surface area contributed by atoms with Crippen molar-refractivity contribution in [3.05, 3.63) is 59.2 Å². The summed E-state index contributed by atoms with van der Waals surface area (Å²) in [5.41, 5.74) is 3.59. The topological polar surface area (TPSA) is 70.7 Å². The lowest BCUT2D eigenvalue weighted by Gasteiger charge is -2.27. The van der Waals surface area contributed by atoms with E-state index < -0.39 is 6.04 Å². The molecule has 1 saturated heterocycles. The molecule has 1 aliphatic rings. The van der Waals surface area contributed by atoms with Crippen LogP contribution in [0.4, 0.5) is 5.69 Å². The molecular weight excluding hydrogens is 434 g/mol. The predicted molar refractivity (Wildman–Crippen MR) is 136 cm³/mol. The van der Waals surface area contributed by atoms with E-state index in [-0.39, 0.29) is 17.7 Å². The zero-order valence-electron chi connectivity index (χ0n) is 20.0. The van der Waals surface area contributed by atoms with Crippen LogP contribution in [0.25, 0.3) is 0 Å². The molecule has 1 unspecified atom stereocenters. The number of hydrogen-bond acceptors (Lipinski definition) is 5. The smallest absolute Gasteiger partial charge is 0.251 e. The van der Waals surface area contributed by atoms with Crippen molar-refractivity contribution in [3.63, 3.8) is 0 Å². The monoisotopic (exact) mass is 469 g/mol. The van der Waals surface area contributed by atoms with Gasteiger partial charge in [-0.25, -0.2) is 0 Å². The normalized spacial score (nSPS) is 15.2. The fourth-order valence-electron chi connectivity index (χ4n) is 3.83. The molecule has 2 N–H and O–H groups in total. The Morgan fingerprint density at radius 3 is 2.42 bits per heavy atom. The third-order valence-corrected chi connectivity index (χ3v) is 6.81. The molecule has 1 aliphatic heterocycles. The maximum absolute atomic E-state index is 13.2. The summed E-state index contributed by atoms with van der Waals surface area (Å²) < 4.78 is 5.43. The van der Waals surface area contributed by atoms with E-state index >= 15 is 0 Å². The third-order valence-electron chi connectivity index (χ3n) is 5.86. The summed E-state index contributed by atoms with van der Waals surface area (Å²) in [6.45, 7) is 11.5. The first kappa shape index (κ1) is 25.1. The molecule has 1 fully saturated rings. The SMILES string of the molecule is CCOc1ccc(C(=O)NC(C(=O)Nc2cccc(CN3CCSCC3)c2C)C(C)C)cc1. The van der Waals surface area contributed by atoms with Gasteiger partial charge in [0.15, 0.2) is 0 Å². The molecule has 1 atom stereocenters. The molecule has 1 heterocycles. The van der Waals surface area contributed by atoms with E-state index in [4.69, 9.17) is 4.74 Å². The molecule has 0 aromatic heterocycles. The van der Waals surface area contributed by atoms with Crippen LogP contribution in [-0.2, 0) is 11.3 Å². The van der Waals surface area contributed by atoms with Gasteiger partial charge in [-0.2, -0.15) is 11.8 Å². The summed E-state index contributed by atoms with van der Waals surface area (Å²) in [7, 11) is 0. The Kier molecular flexibility index (Phi) is 9.21. The van der Waals surface area contributed by atoms with Crippen molar-refractivity contribution < 1.29 is 14.3 Å². The Bertz CT molecular complexity index is 940. The van der Waals surface area contributed by atoms with Crippen molar-refractivity contribution in [3.8, 4) is 5.75 Å². The molecule has 0 saturated carbocycles. The van der Waals surface area contributed by atoms with Gasteiger partial charge in [-0.3, -0.25) is 14.5 Å². The van der Waals surface area contributed by atoms with Gasteiger partial charge in [-0.05, 0) is 61.2 Å². The van der Waals surface area contributed by atoms with Crippen molar-refractivity contribution >= 4 is 29.3 Å². The largest absolute Gasteiger partial charge is 0.494 e. The van der Waals surface area contributed by atoms with E-state index in [0.717, 1.165) is 30.9 Å². The third kappa shape index (κ3) is 6.98. The zero-order valence-corrected chi connectivity index (χ0v) is 20.8. The van der Waals surface area contributed by atoms with Gasteiger partial charge in [0.2, 0.25) is 5.91 Å². The lowest BCUT2D eigenvalue weighted by molar-refractivity contribution is -0.118. The van der Waals surface area contributed by atoms with Crippen LogP contribution < -0.4 is 15.4 Å². The maximum Gasteiger partial charge on any atom is 0.251 e. The van der Waals surface area contributed by atoms with Crippen LogP contribution in [0.1, 0.15) is 42.3 Å². The van der Waals surface area contributed by atoms with Crippen LogP contribution in [0.5, 0.6) is 5.75 Å². The second-order valence-corrected chi connectivity index (χ2v) is 9.84. The average Bonchev–Trinajstić information content (AvgIpc) is 2.81. The number of thioether (sulfide) groups is 1. The van der Waals surface area contributed by atoms with E-state index in [1.165, 1.54) is 17.1 Å². The molecule has 2 amide bonds. The van der Waals surface area contributed by atoms with Crippen molar-refractivity contribution in [2.75, 3.05) is 36.5 Å². The van der Waals surface area contributed by atoms with Crippen LogP contribution in [0.15, 0.2) is 42.5 Å². The molecular formula is C26H35N3O3S. The first-order valence-electron chi connectivity index (χ1n) is 11.6. The second-order valence-electron chi connectivity index (χ2n) is 8.62. The molecule has 3 rings (SSSR count). The number of nitrogens with zero attached hydrogens (tertiary/aromatic N) is 1. The van der Waals surface area contributed by atoms with Gasteiger partial charge in [0.25, 0.3) is 5.91 Å². The first-order chi connectivity index (χ1) is 15.9. The highest BCUT2D eigenvalue weighted by atomic mass is 32.2. The predicted octanol–water partition coefficient (Wildman–Crippen LogP) is 4.34. The summed E-state index contributed by atoms with van der Waals surface area (Å²) in [5, 5.41) is 5.96. The van der Waals surface area contributed by atoms with Gasteiger partial charge in [0.1, 0.15) is 11.8 Å². The van der Waals surface area contributed by atoms with Gasteiger partial charge in [0.05, 0.1) is 6.61 Å². The van der Waals surface area contributed by atoms with Crippen LogP contribution >= 0.6 is 11.8 Å². The first-order valence-corrected chi connectivity index (χ1v) is 12.8. The van der Waals surface area contributed by atoms with Crippen LogP contribution in [0.3, 0.4) is 0 Å². The van der Waals surface area contributed by atoms with E-state index in [9.17, 15) is 9.59 Å². The van der Waals surface area contributed by atoms with E-state index in [2.05, 4.69) is 21.6 Å². The highest BCUT2D eigenvalue weighted by molar-refractivity contribution is 7.99. The van der Waals surface area contributed by atoms with Crippen LogP contribution in [0, 0.1) is 12.8 Å². The molecule has 33 heavy (non-hydrogen) atoms. The number of ether oxygens (including phenoxy) is 1. The van der Waals surface area contributed by atoms with Gasteiger partial charge in [0, 0.05) is 42.4 Å². The number of nitrogens with one attached hydrogen (secondary N) is 2. The maximum atomic E-state index is 13.2. The number of carbonyl (C=O) groups excluding carboxylic acids is 2. The highest BCUT2D eigenvalue weighted by Gasteiger charge is 2.25. The fraction of sp³-hybridized carbons (Fsp3) is 0.462. The Morgan fingerprint density at radius 1 is 1.09 bits per heavy atom. The average molecular weight is 470 g/mol. The highest BCUT2D eigenvalue weighted by Crippen LogP contribution is 2.23. The van der Waals surface area contributed by atoms with E-state index in [0.29, 0.717) is 17.9 Å². The minimum Gasteiger partial charge on any atom is -0.494 e. The van der Waals surface area contributed by atoms with Gasteiger partial charge in [-0.1, -0.05) is 26.0 Å². The molecule has 2 aromatic rings. The van der Waals surface area contributed by atoms with Crippen molar-refractivity contribution in [1.29, 1.82) is 0 Å². The molecule has 0 radical (unpaired) electrons. The van der Waals surface area contributed by atoms with E-state index in [1.54, 1.807) is 24.3 Å². The van der Waals surface area contributed by atoms with Gasteiger partial charge < -0.3 is 15.4 Å². The number of carbonyl (C=O) groups is 2. The van der Waals surface area contributed by atoms with Crippen molar-refractivity contribution in [2.45, 2.75) is 40.3 Å². The molecule has 0 bridgehead atoms. The van der Waals surface area contributed by atoms with Crippen molar-refractivity contribution in [1.82, 2.24) is 10.2 Å². The summed E-state index contributed by atoms with van der Waals surface area (Å²) in [6.07, 6.45) is 0. The number of benzene rings is 2. The molecule has 2 aromatic carbocycles. The fourth-order valence-corrected chi connectivity index (χ4v) is 4.81. The standard InChI is InChI=1S/C26H35N3O3S/c1-5-32-22-11-9-20(10-12-22)25(30)28-24(18(2)3)26(31)27-23-8-6-7-21(19(23)4)17-29-13-15-33-16-14-29/h6-12,18,24H,5,13-17H2,1-4H3,(H,27,31)(H,28,30). The van der Waals surface area contributed by atoms with Crippen LogP contribution in [0.2, 0.25) is 0 Å². The number of amides is 2. The molecule has 6 nitrogen and oxygen atoms in total. The Labute approximate surface area is 201 Å². The minimum absolute atomic E-state index is 0.0639. The summed E-state index contributed by atoms with van der Waals surface area (Å²) in [6, 6.07) is 12.3. The summed E-state index contributed by atoms with van der Waals surface area (Å²) >= 11 is 2.00. The molecule has 7 heteroatoms. The number of rotatable bonds is 9. The Morgan fingerprint density at radius 2 is 1.79 bits per heavy atom. The van der Waals surface area contributed by atoms with Crippen molar-refractivity contribution in [2.24, 2.45) is 5.92 Å². The summed E-state index contributed by atoms with van der Waals surface area (Å²) in [4.78, 5) is 28.4. The summed E-state index contributed by atoms with van der Waals surface area (Å²) in [5.74, 6) is 2.50. The lowest BCUT2D eigenvalue weighted by atomic mass is 10.0. The zero-order chi connectivity index (χ0) is 23.8. The molecule has 0 aliphatic carbocycles. The Hall–Kier alpha value is -2.51. The molecule has 178 valence electrons. The van der Waals surface area contributed by atoms with Crippen LogP contribution in [-0.4, -0.2) is 54.0 Å². The van der Waals surface area contributed by atoms with E-state index in [1.807, 2.05) is 51.6 Å². The minimum atomic E-state index is -0.647. The number of hydrogen-bond donors (Lipinski definition) is 2. The van der Waals surface area contributed by atoms with Gasteiger partial charge >= 0.3 is 0 Å². The quantitative estimate of drug-likeness (QED) is 0.572. The Balaban J connectivity index is 1.67. The number of anilines is 1. The van der Waals surface area contributed by atoms with Gasteiger partial charge in [-0.15, -0.1) is 0 Å². The lowest BCUT2D eigenvalue weighted by Crippen LogP contribution is -2.47.